The summed E-state index contributed by atoms with van der Waals surface area (Å²) >= 11 is 0. The van der Waals surface area contributed by atoms with Gasteiger partial charge in [-0.15, -0.1) is 0 Å². The number of hydrogen-bond donors (Lipinski definition) is 1. The summed E-state index contributed by atoms with van der Waals surface area (Å²) in [5.41, 5.74) is 1.38. The molecule has 2 heterocycles. The van der Waals surface area contributed by atoms with Crippen LogP contribution in [0.15, 0.2) is 18.3 Å². The van der Waals surface area contributed by atoms with Crippen LogP contribution in [-0.2, 0) is 6.42 Å². The van der Waals surface area contributed by atoms with Crippen molar-refractivity contribution in [3.8, 4) is 5.75 Å². The maximum Gasteiger partial charge on any atom is 0.356 e. The highest BCUT2D eigenvalue weighted by atomic mass is 16.5. The molecule has 5 nitrogen and oxygen atoms in total. The fourth-order valence-corrected chi connectivity index (χ4v) is 1.90. The van der Waals surface area contributed by atoms with Gasteiger partial charge in [0, 0.05) is 6.20 Å². The van der Waals surface area contributed by atoms with Crippen LogP contribution in [0.1, 0.15) is 29.5 Å². The molecule has 0 unspecified atom stereocenters. The van der Waals surface area contributed by atoms with Gasteiger partial charge in [-0.3, -0.25) is 0 Å². The molecule has 0 spiro atoms. The Labute approximate surface area is 98.7 Å². The number of carboxylic acid groups (broad SMARTS) is 1. The first-order chi connectivity index (χ1) is 8.19. The first-order valence-corrected chi connectivity index (χ1v) is 5.46. The number of carboxylic acids is 1. The molecule has 0 aliphatic carbocycles. The molecule has 2 aromatic rings. The molecule has 0 radical (unpaired) electrons. The van der Waals surface area contributed by atoms with Gasteiger partial charge in [-0.25, -0.2) is 9.78 Å². The molecule has 90 valence electrons. The number of rotatable bonds is 4. The third kappa shape index (κ3) is 1.84. The van der Waals surface area contributed by atoms with Crippen molar-refractivity contribution in [2.45, 2.75) is 19.8 Å². The highest BCUT2D eigenvalue weighted by Gasteiger charge is 2.19. The zero-order valence-corrected chi connectivity index (χ0v) is 9.80. The summed E-state index contributed by atoms with van der Waals surface area (Å²) in [5, 5.41) is 9.14. The van der Waals surface area contributed by atoms with E-state index < -0.39 is 5.97 Å². The molecule has 0 aliphatic heterocycles. The number of aromatic nitrogens is 2. The predicted molar refractivity (Wildman–Crippen MR) is 62.7 cm³/mol. The molecule has 0 aliphatic rings. The highest BCUT2D eigenvalue weighted by molar-refractivity contribution is 5.88. The molecular weight excluding hydrogens is 220 g/mol. The number of carbonyl (C=O) groups is 1. The van der Waals surface area contributed by atoms with E-state index in [9.17, 15) is 4.79 Å². The van der Waals surface area contributed by atoms with Crippen LogP contribution in [0.4, 0.5) is 0 Å². The predicted octanol–water partition coefficient (Wildman–Crippen LogP) is 1.99. The Hall–Kier alpha value is -2.04. The number of ether oxygens (including phenoxy) is 1. The number of aryl methyl sites for hydroxylation is 1. The second-order valence-corrected chi connectivity index (χ2v) is 3.73. The number of nitrogens with zero attached hydrogens (tertiary/aromatic N) is 2. The lowest BCUT2D eigenvalue weighted by Gasteiger charge is -2.03. The second-order valence-electron chi connectivity index (χ2n) is 3.73. The van der Waals surface area contributed by atoms with Gasteiger partial charge in [0.05, 0.1) is 12.8 Å². The van der Waals surface area contributed by atoms with E-state index in [1.165, 1.54) is 0 Å². The third-order valence-electron chi connectivity index (χ3n) is 2.62. The van der Waals surface area contributed by atoms with Crippen molar-refractivity contribution in [1.29, 1.82) is 0 Å². The summed E-state index contributed by atoms with van der Waals surface area (Å²) < 4.78 is 6.96. The van der Waals surface area contributed by atoms with Crippen molar-refractivity contribution in [1.82, 2.24) is 9.38 Å². The van der Waals surface area contributed by atoms with Crippen LogP contribution in [0, 0.1) is 0 Å². The summed E-state index contributed by atoms with van der Waals surface area (Å²) in [5.74, 6) is -0.420. The van der Waals surface area contributed by atoms with E-state index in [1.807, 2.05) is 19.2 Å². The van der Waals surface area contributed by atoms with E-state index in [4.69, 9.17) is 9.84 Å². The van der Waals surface area contributed by atoms with Crippen LogP contribution in [0.3, 0.4) is 0 Å². The smallest absolute Gasteiger partial charge is 0.356 e. The Morgan fingerprint density at radius 3 is 2.94 bits per heavy atom. The SMILES string of the molecule is CCCc1c(C(=O)O)nc2c(OC)cccn12. The summed E-state index contributed by atoms with van der Waals surface area (Å²) in [6.07, 6.45) is 3.35. The van der Waals surface area contributed by atoms with E-state index in [1.54, 1.807) is 17.6 Å². The number of imidazole rings is 1. The van der Waals surface area contributed by atoms with Gasteiger partial charge in [-0.2, -0.15) is 0 Å². The van der Waals surface area contributed by atoms with Crippen LogP contribution in [0.25, 0.3) is 5.65 Å². The number of hydrogen-bond acceptors (Lipinski definition) is 3. The van der Waals surface area contributed by atoms with Crippen LogP contribution in [0.2, 0.25) is 0 Å². The Balaban J connectivity index is 2.74. The molecule has 17 heavy (non-hydrogen) atoms. The summed E-state index contributed by atoms with van der Waals surface area (Å²) in [4.78, 5) is 15.3. The van der Waals surface area contributed by atoms with Gasteiger partial charge in [-0.05, 0) is 18.6 Å². The molecule has 5 heteroatoms. The zero-order chi connectivity index (χ0) is 12.4. The molecule has 2 aromatic heterocycles. The summed E-state index contributed by atoms with van der Waals surface area (Å²) in [6, 6.07) is 3.59. The summed E-state index contributed by atoms with van der Waals surface area (Å²) in [6.45, 7) is 2.01. The number of methoxy groups -OCH3 is 1. The van der Waals surface area contributed by atoms with E-state index in [0.717, 1.165) is 6.42 Å². The maximum absolute atomic E-state index is 11.1. The molecular formula is C12H14N2O3. The lowest BCUT2D eigenvalue weighted by Crippen LogP contribution is -2.03. The highest BCUT2D eigenvalue weighted by Crippen LogP contribution is 2.22. The Kier molecular flexibility index (Phi) is 2.99. The normalized spacial score (nSPS) is 10.7. The van der Waals surface area contributed by atoms with Crippen molar-refractivity contribution in [2.75, 3.05) is 7.11 Å². The molecule has 1 N–H and O–H groups in total. The van der Waals surface area contributed by atoms with Crippen molar-refractivity contribution in [3.63, 3.8) is 0 Å². The van der Waals surface area contributed by atoms with Crippen molar-refractivity contribution < 1.29 is 14.6 Å². The molecule has 0 fully saturated rings. The maximum atomic E-state index is 11.1. The average molecular weight is 234 g/mol. The second kappa shape index (κ2) is 4.45. The molecule has 2 rings (SSSR count). The van der Waals surface area contributed by atoms with E-state index in [-0.39, 0.29) is 5.69 Å². The van der Waals surface area contributed by atoms with Gasteiger partial charge in [0.25, 0.3) is 0 Å². The number of aromatic carboxylic acids is 1. The minimum atomic E-state index is -1.00. The summed E-state index contributed by atoms with van der Waals surface area (Å²) in [7, 11) is 1.55. The van der Waals surface area contributed by atoms with Gasteiger partial charge < -0.3 is 14.2 Å². The van der Waals surface area contributed by atoms with Crippen LogP contribution < -0.4 is 4.74 Å². The Morgan fingerprint density at radius 1 is 1.59 bits per heavy atom. The van der Waals surface area contributed by atoms with Crippen molar-refractivity contribution >= 4 is 11.6 Å². The molecule has 0 saturated heterocycles. The minimum absolute atomic E-state index is 0.108. The fourth-order valence-electron chi connectivity index (χ4n) is 1.90. The monoisotopic (exact) mass is 234 g/mol. The largest absolute Gasteiger partial charge is 0.493 e. The standard InChI is InChI=1S/C12H14N2O3/c1-3-5-8-10(12(15)16)13-11-9(17-2)6-4-7-14(8)11/h4,6-7H,3,5H2,1-2H3,(H,15,16). The zero-order valence-electron chi connectivity index (χ0n) is 9.80. The fraction of sp³-hybridized carbons (Fsp3) is 0.333. The van der Waals surface area contributed by atoms with Gasteiger partial charge in [0.1, 0.15) is 0 Å². The van der Waals surface area contributed by atoms with E-state index >= 15 is 0 Å². The lowest BCUT2D eigenvalue weighted by atomic mass is 10.2. The van der Waals surface area contributed by atoms with Crippen LogP contribution in [0.5, 0.6) is 5.75 Å². The van der Waals surface area contributed by atoms with E-state index in [0.29, 0.717) is 23.5 Å². The average Bonchev–Trinajstić information content (AvgIpc) is 2.69. The quantitative estimate of drug-likeness (QED) is 0.878. The van der Waals surface area contributed by atoms with Crippen LogP contribution >= 0.6 is 0 Å². The van der Waals surface area contributed by atoms with Crippen molar-refractivity contribution in [3.05, 3.63) is 29.7 Å². The Bertz CT molecular complexity index is 560. The van der Waals surface area contributed by atoms with Crippen molar-refractivity contribution in [2.24, 2.45) is 0 Å². The number of pyridine rings is 1. The number of fused-ring (bicyclic) bond motifs is 1. The lowest BCUT2D eigenvalue weighted by molar-refractivity contribution is 0.0690. The molecule has 0 bridgehead atoms. The minimum Gasteiger partial charge on any atom is -0.493 e. The topological polar surface area (TPSA) is 63.8 Å². The van der Waals surface area contributed by atoms with Gasteiger partial charge in [0.15, 0.2) is 17.1 Å². The molecule has 0 amide bonds. The van der Waals surface area contributed by atoms with Gasteiger partial charge >= 0.3 is 5.97 Å². The van der Waals surface area contributed by atoms with Gasteiger partial charge in [0.2, 0.25) is 0 Å². The first-order valence-electron chi connectivity index (χ1n) is 5.46. The molecule has 0 saturated carbocycles. The molecule has 0 aromatic carbocycles. The third-order valence-corrected chi connectivity index (χ3v) is 2.62. The van der Waals surface area contributed by atoms with E-state index in [2.05, 4.69) is 4.98 Å². The first kappa shape index (κ1) is 11.4. The van der Waals surface area contributed by atoms with Crippen LogP contribution in [-0.4, -0.2) is 27.6 Å². The Morgan fingerprint density at radius 2 is 2.35 bits per heavy atom. The van der Waals surface area contributed by atoms with Gasteiger partial charge in [-0.1, -0.05) is 13.3 Å². The molecule has 0 atom stereocenters.